The van der Waals surface area contributed by atoms with Crippen LogP contribution in [0.3, 0.4) is 0 Å². The predicted molar refractivity (Wildman–Crippen MR) is 83.7 cm³/mol. The van der Waals surface area contributed by atoms with Gasteiger partial charge in [0.25, 0.3) is 0 Å². The fourth-order valence-electron chi connectivity index (χ4n) is 2.60. The Kier molecular flexibility index (Phi) is 3.14. The molecule has 3 aromatic rings. The van der Waals surface area contributed by atoms with Gasteiger partial charge in [0.1, 0.15) is 0 Å². The third-order valence-electron chi connectivity index (χ3n) is 3.85. The fourth-order valence-corrected chi connectivity index (χ4v) is 2.60. The summed E-state index contributed by atoms with van der Waals surface area (Å²) in [6.45, 7) is 1.75. The van der Waals surface area contributed by atoms with Gasteiger partial charge in [0.15, 0.2) is 0 Å². The second-order valence-electron chi connectivity index (χ2n) is 5.19. The summed E-state index contributed by atoms with van der Waals surface area (Å²) in [7, 11) is 0. The van der Waals surface area contributed by atoms with Crippen molar-refractivity contribution in [1.29, 1.82) is 0 Å². The number of aromatic amines is 1. The van der Waals surface area contributed by atoms with Crippen LogP contribution in [0.1, 0.15) is 27.0 Å². The number of carbonyl (C=O) groups is 1. The summed E-state index contributed by atoms with van der Waals surface area (Å²) in [6, 6.07) is 11.7. The molecule has 0 atom stereocenters. The number of aromatic nitrogens is 1. The Labute approximate surface area is 122 Å². The lowest BCUT2D eigenvalue weighted by molar-refractivity contribution is 0.0696. The molecule has 0 aliphatic rings. The first kappa shape index (κ1) is 13.2. The number of H-pyrrole nitrogens is 1. The molecule has 4 heteroatoms. The van der Waals surface area contributed by atoms with Gasteiger partial charge in [-0.05, 0) is 59.7 Å². The average Bonchev–Trinajstić information content (AvgIpc) is 2.91. The van der Waals surface area contributed by atoms with Crippen molar-refractivity contribution in [3.8, 4) is 0 Å². The summed E-state index contributed by atoms with van der Waals surface area (Å²) in [5.74, 6) is -0.945. The molecule has 1 heterocycles. The zero-order valence-corrected chi connectivity index (χ0v) is 11.7. The number of carboxylic acid groups (broad SMARTS) is 1. The molecule has 4 nitrogen and oxygen atoms in total. The summed E-state index contributed by atoms with van der Waals surface area (Å²) in [5.41, 5.74) is 10.7. The maximum Gasteiger partial charge on any atom is 0.336 e. The lowest BCUT2D eigenvalue weighted by atomic mass is 9.97. The van der Waals surface area contributed by atoms with Gasteiger partial charge in [0.05, 0.1) is 5.56 Å². The largest absolute Gasteiger partial charge is 0.478 e. The minimum absolute atomic E-state index is 0.261. The number of nitrogens with one attached hydrogen (secondary N) is 1. The molecule has 0 fully saturated rings. The Morgan fingerprint density at radius 3 is 2.81 bits per heavy atom. The van der Waals surface area contributed by atoms with Crippen LogP contribution in [0.5, 0.6) is 0 Å². The molecular formula is C17H16N2O2. The number of aromatic carboxylic acids is 1. The molecule has 0 aliphatic carbocycles. The lowest BCUT2D eigenvalue weighted by Gasteiger charge is -2.11. The van der Waals surface area contributed by atoms with Gasteiger partial charge >= 0.3 is 5.97 Å². The molecule has 0 radical (unpaired) electrons. The summed E-state index contributed by atoms with van der Waals surface area (Å²) >= 11 is 0. The van der Waals surface area contributed by atoms with Gasteiger partial charge in [-0.2, -0.15) is 0 Å². The van der Waals surface area contributed by atoms with E-state index in [4.69, 9.17) is 10.8 Å². The highest BCUT2D eigenvalue weighted by Gasteiger charge is 2.12. The molecule has 0 spiro atoms. The SMILES string of the molecule is Cc1c(C(=O)O)ccc(Cc2ccc3[nH]ccc3c2)c1N. The number of nitrogen functional groups attached to an aromatic ring is 1. The number of rotatable bonds is 3. The molecule has 0 amide bonds. The minimum Gasteiger partial charge on any atom is -0.478 e. The van der Waals surface area contributed by atoms with Crippen LogP contribution in [0.15, 0.2) is 42.6 Å². The molecule has 0 saturated heterocycles. The number of anilines is 1. The smallest absolute Gasteiger partial charge is 0.336 e. The van der Waals surface area contributed by atoms with Gasteiger partial charge in [-0.1, -0.05) is 12.1 Å². The summed E-state index contributed by atoms with van der Waals surface area (Å²) in [6.07, 6.45) is 2.60. The number of hydrogen-bond donors (Lipinski definition) is 3. The van der Waals surface area contributed by atoms with E-state index in [1.165, 1.54) is 0 Å². The maximum atomic E-state index is 11.1. The first-order valence-electron chi connectivity index (χ1n) is 6.73. The molecule has 0 unspecified atom stereocenters. The Balaban J connectivity index is 1.97. The maximum absolute atomic E-state index is 11.1. The number of nitrogens with two attached hydrogens (primary N) is 1. The highest BCUT2D eigenvalue weighted by Crippen LogP contribution is 2.25. The molecule has 4 N–H and O–H groups in total. The molecule has 21 heavy (non-hydrogen) atoms. The van der Waals surface area contributed by atoms with E-state index in [-0.39, 0.29) is 5.56 Å². The zero-order valence-electron chi connectivity index (χ0n) is 11.7. The Morgan fingerprint density at radius 1 is 1.24 bits per heavy atom. The number of hydrogen-bond acceptors (Lipinski definition) is 2. The van der Waals surface area contributed by atoms with E-state index >= 15 is 0 Å². The van der Waals surface area contributed by atoms with Crippen molar-refractivity contribution in [3.63, 3.8) is 0 Å². The molecule has 0 bridgehead atoms. The number of fused-ring (bicyclic) bond motifs is 1. The van der Waals surface area contributed by atoms with Crippen LogP contribution in [-0.4, -0.2) is 16.1 Å². The monoisotopic (exact) mass is 280 g/mol. The Hall–Kier alpha value is -2.75. The van der Waals surface area contributed by atoms with Gasteiger partial charge in [-0.15, -0.1) is 0 Å². The first-order chi connectivity index (χ1) is 10.1. The van der Waals surface area contributed by atoms with Crippen molar-refractivity contribution >= 4 is 22.6 Å². The molecule has 0 saturated carbocycles. The molecule has 106 valence electrons. The molecule has 1 aromatic heterocycles. The van der Waals surface area contributed by atoms with E-state index in [9.17, 15) is 4.79 Å². The van der Waals surface area contributed by atoms with Crippen molar-refractivity contribution < 1.29 is 9.90 Å². The lowest BCUT2D eigenvalue weighted by Crippen LogP contribution is -2.06. The highest BCUT2D eigenvalue weighted by molar-refractivity contribution is 5.91. The van der Waals surface area contributed by atoms with Crippen LogP contribution in [0.2, 0.25) is 0 Å². The minimum atomic E-state index is -0.945. The number of benzene rings is 2. The van der Waals surface area contributed by atoms with Crippen LogP contribution in [0, 0.1) is 6.92 Å². The van der Waals surface area contributed by atoms with Crippen molar-refractivity contribution in [3.05, 3.63) is 64.8 Å². The molecular weight excluding hydrogens is 264 g/mol. The fraction of sp³-hybridized carbons (Fsp3) is 0.118. The molecule has 2 aromatic carbocycles. The quantitative estimate of drug-likeness (QED) is 0.644. The van der Waals surface area contributed by atoms with Crippen molar-refractivity contribution in [1.82, 2.24) is 4.98 Å². The summed E-state index contributed by atoms with van der Waals surface area (Å²) < 4.78 is 0. The number of carboxylic acids is 1. The Bertz CT molecular complexity index is 834. The van der Waals surface area contributed by atoms with Crippen molar-refractivity contribution in [2.75, 3.05) is 5.73 Å². The van der Waals surface area contributed by atoms with Crippen molar-refractivity contribution in [2.24, 2.45) is 0 Å². The molecule has 3 rings (SSSR count). The second-order valence-corrected chi connectivity index (χ2v) is 5.19. The van der Waals surface area contributed by atoms with E-state index in [0.717, 1.165) is 22.0 Å². The van der Waals surface area contributed by atoms with Crippen LogP contribution in [-0.2, 0) is 6.42 Å². The van der Waals surface area contributed by atoms with E-state index in [1.54, 1.807) is 19.1 Å². The van der Waals surface area contributed by atoms with Gasteiger partial charge < -0.3 is 15.8 Å². The standard InChI is InChI=1S/C17H16N2O2/c1-10-14(17(20)21)4-3-13(16(10)18)9-11-2-5-15-12(8-11)6-7-19-15/h2-8,19H,9,18H2,1H3,(H,20,21). The van der Waals surface area contributed by atoms with Crippen LogP contribution >= 0.6 is 0 Å². The van der Waals surface area contributed by atoms with E-state index in [1.807, 2.05) is 18.3 Å². The average molecular weight is 280 g/mol. The van der Waals surface area contributed by atoms with Crippen molar-refractivity contribution in [2.45, 2.75) is 13.3 Å². The second kappa shape index (κ2) is 4.98. The molecule has 0 aliphatic heterocycles. The third kappa shape index (κ3) is 2.36. The van der Waals surface area contributed by atoms with Gasteiger partial charge in [0.2, 0.25) is 0 Å². The summed E-state index contributed by atoms with van der Waals surface area (Å²) in [4.78, 5) is 14.3. The highest BCUT2D eigenvalue weighted by atomic mass is 16.4. The third-order valence-corrected chi connectivity index (χ3v) is 3.85. The Morgan fingerprint density at radius 2 is 2.05 bits per heavy atom. The van der Waals surface area contributed by atoms with E-state index in [2.05, 4.69) is 17.1 Å². The normalized spacial score (nSPS) is 10.9. The van der Waals surface area contributed by atoms with Gasteiger partial charge in [0, 0.05) is 17.4 Å². The topological polar surface area (TPSA) is 79.1 Å². The zero-order chi connectivity index (χ0) is 15.0. The van der Waals surface area contributed by atoms with Crippen LogP contribution in [0.4, 0.5) is 5.69 Å². The van der Waals surface area contributed by atoms with Gasteiger partial charge in [-0.25, -0.2) is 4.79 Å². The van der Waals surface area contributed by atoms with E-state index in [0.29, 0.717) is 17.7 Å². The van der Waals surface area contributed by atoms with Gasteiger partial charge in [-0.3, -0.25) is 0 Å². The van der Waals surface area contributed by atoms with Crippen LogP contribution < -0.4 is 5.73 Å². The summed E-state index contributed by atoms with van der Waals surface area (Å²) in [5, 5.41) is 10.3. The van der Waals surface area contributed by atoms with E-state index < -0.39 is 5.97 Å². The van der Waals surface area contributed by atoms with Crippen LogP contribution in [0.25, 0.3) is 10.9 Å². The first-order valence-corrected chi connectivity index (χ1v) is 6.73. The predicted octanol–water partition coefficient (Wildman–Crippen LogP) is 3.35.